The zero-order valence-electron chi connectivity index (χ0n) is 18.0. The Labute approximate surface area is 179 Å². The number of primary amides is 1. The first-order chi connectivity index (χ1) is 14.6. The number of unbranched alkanes of at least 4 members (excludes halogenated alkanes) is 1. The van der Waals surface area contributed by atoms with Crippen LogP contribution in [-0.2, 0) is 11.3 Å². The highest BCUT2D eigenvalue weighted by atomic mass is 16.5. The molecule has 1 heterocycles. The van der Waals surface area contributed by atoms with E-state index in [-0.39, 0.29) is 35.3 Å². The van der Waals surface area contributed by atoms with Gasteiger partial charge in [0.15, 0.2) is 12.3 Å². The molecule has 2 amide bonds. The molecule has 0 saturated carbocycles. The lowest BCUT2D eigenvalue weighted by Gasteiger charge is -2.25. The number of amides is 2. The van der Waals surface area contributed by atoms with Gasteiger partial charge in [-0.1, -0.05) is 33.3 Å². The van der Waals surface area contributed by atoms with Gasteiger partial charge in [0.2, 0.25) is 5.91 Å². The number of nitrogens with one attached hydrogen (secondary N) is 1. The van der Waals surface area contributed by atoms with Gasteiger partial charge in [0.05, 0.1) is 0 Å². The standard InChI is InChI=1S/C21H29N5O5/c1-4-5-9-25(16(27)12-31-15-8-6-7-14(10-15)19(23)28)17-18(22)26(11-13(2)3)21(30)24-20(17)29/h6-8,10,13H,4-5,9,11-12,22H2,1-3H3,(H2,23,28)(H,24,29,30). The van der Waals surface area contributed by atoms with Crippen molar-refractivity contribution in [2.75, 3.05) is 23.8 Å². The number of benzene rings is 1. The van der Waals surface area contributed by atoms with Crippen molar-refractivity contribution in [3.8, 4) is 5.75 Å². The number of ether oxygens (including phenoxy) is 1. The first kappa shape index (κ1) is 23.7. The Morgan fingerprint density at radius 1 is 1.26 bits per heavy atom. The summed E-state index contributed by atoms with van der Waals surface area (Å²) >= 11 is 0. The Morgan fingerprint density at radius 2 is 1.97 bits per heavy atom. The number of hydrogen-bond donors (Lipinski definition) is 3. The molecule has 0 unspecified atom stereocenters. The summed E-state index contributed by atoms with van der Waals surface area (Å²) in [5.41, 5.74) is 10.2. The van der Waals surface area contributed by atoms with Crippen LogP contribution < -0.4 is 32.4 Å². The van der Waals surface area contributed by atoms with E-state index in [2.05, 4.69) is 4.98 Å². The maximum Gasteiger partial charge on any atom is 0.330 e. The number of hydrogen-bond acceptors (Lipinski definition) is 6. The second kappa shape index (κ2) is 10.5. The van der Waals surface area contributed by atoms with Gasteiger partial charge in [-0.25, -0.2) is 4.79 Å². The monoisotopic (exact) mass is 431 g/mol. The Kier molecular flexibility index (Phi) is 8.00. The van der Waals surface area contributed by atoms with Crippen molar-refractivity contribution in [1.82, 2.24) is 9.55 Å². The molecule has 31 heavy (non-hydrogen) atoms. The third kappa shape index (κ3) is 5.97. The number of nitrogen functional groups attached to an aromatic ring is 1. The van der Waals surface area contributed by atoms with Crippen LogP contribution in [-0.4, -0.2) is 34.5 Å². The van der Waals surface area contributed by atoms with Crippen molar-refractivity contribution in [2.45, 2.75) is 40.2 Å². The molecule has 0 bridgehead atoms. The van der Waals surface area contributed by atoms with Crippen LogP contribution in [0.2, 0.25) is 0 Å². The summed E-state index contributed by atoms with van der Waals surface area (Å²) in [7, 11) is 0. The summed E-state index contributed by atoms with van der Waals surface area (Å²) in [5.74, 6) is -0.813. The fourth-order valence-corrected chi connectivity index (χ4v) is 3.02. The minimum absolute atomic E-state index is 0.0670. The van der Waals surface area contributed by atoms with E-state index in [0.29, 0.717) is 13.0 Å². The van der Waals surface area contributed by atoms with E-state index in [1.54, 1.807) is 12.1 Å². The number of carbonyl (C=O) groups is 2. The molecule has 10 heteroatoms. The van der Waals surface area contributed by atoms with Gasteiger partial charge >= 0.3 is 5.69 Å². The highest BCUT2D eigenvalue weighted by molar-refractivity contribution is 5.96. The third-order valence-corrected chi connectivity index (χ3v) is 4.55. The van der Waals surface area contributed by atoms with Crippen LogP contribution in [0.5, 0.6) is 5.75 Å². The van der Waals surface area contributed by atoms with Gasteiger partial charge < -0.3 is 21.1 Å². The highest BCUT2D eigenvalue weighted by Gasteiger charge is 2.24. The van der Waals surface area contributed by atoms with Crippen molar-refractivity contribution in [2.24, 2.45) is 11.7 Å². The number of carbonyl (C=O) groups excluding carboxylic acids is 2. The van der Waals surface area contributed by atoms with E-state index < -0.39 is 29.7 Å². The van der Waals surface area contributed by atoms with Gasteiger partial charge in [-0.3, -0.25) is 23.9 Å². The van der Waals surface area contributed by atoms with E-state index >= 15 is 0 Å². The predicted molar refractivity (Wildman–Crippen MR) is 118 cm³/mol. The van der Waals surface area contributed by atoms with Crippen LogP contribution in [0.15, 0.2) is 33.9 Å². The summed E-state index contributed by atoms with van der Waals surface area (Å²) < 4.78 is 6.77. The Hall–Kier alpha value is -3.56. The molecule has 168 valence electrons. The van der Waals surface area contributed by atoms with Crippen LogP contribution in [0, 0.1) is 5.92 Å². The minimum atomic E-state index is -0.734. The van der Waals surface area contributed by atoms with Gasteiger partial charge in [-0.05, 0) is 30.5 Å². The maximum absolute atomic E-state index is 13.0. The maximum atomic E-state index is 13.0. The van der Waals surface area contributed by atoms with Gasteiger partial charge in [-0.2, -0.15) is 0 Å². The molecule has 2 rings (SSSR count). The lowest BCUT2D eigenvalue weighted by Crippen LogP contribution is -2.43. The lowest BCUT2D eigenvalue weighted by molar-refractivity contribution is -0.120. The molecule has 0 saturated heterocycles. The topological polar surface area (TPSA) is 154 Å². The molecular formula is C21H29N5O5. The Balaban J connectivity index is 2.36. The molecule has 5 N–H and O–H groups in total. The molecule has 0 aliphatic carbocycles. The molecule has 2 aromatic rings. The first-order valence-corrected chi connectivity index (χ1v) is 10.1. The Bertz CT molecular complexity index is 1060. The van der Waals surface area contributed by atoms with Crippen molar-refractivity contribution in [3.05, 3.63) is 50.7 Å². The van der Waals surface area contributed by atoms with Crippen molar-refractivity contribution in [3.63, 3.8) is 0 Å². The summed E-state index contributed by atoms with van der Waals surface area (Å²) in [5, 5.41) is 0. The van der Waals surface area contributed by atoms with Crippen LogP contribution in [0.3, 0.4) is 0 Å². The number of H-pyrrole nitrogens is 1. The summed E-state index contributed by atoms with van der Waals surface area (Å²) in [6.07, 6.45) is 1.39. The van der Waals surface area contributed by atoms with E-state index in [4.69, 9.17) is 16.2 Å². The van der Waals surface area contributed by atoms with E-state index in [1.807, 2.05) is 20.8 Å². The summed E-state index contributed by atoms with van der Waals surface area (Å²) in [6.45, 7) is 5.89. The fourth-order valence-electron chi connectivity index (χ4n) is 3.02. The van der Waals surface area contributed by atoms with Crippen LogP contribution in [0.1, 0.15) is 44.0 Å². The molecule has 0 radical (unpaired) electrons. The van der Waals surface area contributed by atoms with Crippen LogP contribution in [0.4, 0.5) is 11.5 Å². The number of aromatic nitrogens is 2. The molecule has 0 fully saturated rings. The van der Waals surface area contributed by atoms with E-state index in [1.165, 1.54) is 21.6 Å². The average Bonchev–Trinajstić information content (AvgIpc) is 2.71. The predicted octanol–water partition coefficient (Wildman–Crippen LogP) is 1.09. The normalized spacial score (nSPS) is 10.8. The molecular weight excluding hydrogens is 402 g/mol. The number of anilines is 2. The van der Waals surface area contributed by atoms with Crippen LogP contribution >= 0.6 is 0 Å². The van der Waals surface area contributed by atoms with Crippen molar-refractivity contribution < 1.29 is 14.3 Å². The van der Waals surface area contributed by atoms with Gasteiger partial charge in [0.1, 0.15) is 11.6 Å². The highest BCUT2D eigenvalue weighted by Crippen LogP contribution is 2.19. The van der Waals surface area contributed by atoms with Crippen LogP contribution in [0.25, 0.3) is 0 Å². The molecule has 0 aliphatic rings. The Morgan fingerprint density at radius 3 is 2.58 bits per heavy atom. The average molecular weight is 431 g/mol. The van der Waals surface area contributed by atoms with Crippen molar-refractivity contribution in [1.29, 1.82) is 0 Å². The van der Waals surface area contributed by atoms with Crippen molar-refractivity contribution >= 4 is 23.3 Å². The number of nitrogens with zero attached hydrogens (tertiary/aromatic N) is 2. The summed E-state index contributed by atoms with van der Waals surface area (Å²) in [6, 6.07) is 6.12. The number of rotatable bonds is 10. The van der Waals surface area contributed by atoms with Gasteiger partial charge in [-0.15, -0.1) is 0 Å². The van der Waals surface area contributed by atoms with Gasteiger partial charge in [0.25, 0.3) is 11.5 Å². The second-order valence-electron chi connectivity index (χ2n) is 7.58. The second-order valence-corrected chi connectivity index (χ2v) is 7.58. The largest absolute Gasteiger partial charge is 0.484 e. The minimum Gasteiger partial charge on any atom is -0.484 e. The first-order valence-electron chi connectivity index (χ1n) is 10.1. The third-order valence-electron chi connectivity index (χ3n) is 4.55. The molecule has 1 aromatic heterocycles. The number of aromatic amines is 1. The smallest absolute Gasteiger partial charge is 0.330 e. The number of nitrogens with two attached hydrogens (primary N) is 2. The lowest BCUT2D eigenvalue weighted by atomic mass is 10.2. The summed E-state index contributed by atoms with van der Waals surface area (Å²) in [4.78, 5) is 52.6. The zero-order chi connectivity index (χ0) is 23.1. The zero-order valence-corrected chi connectivity index (χ0v) is 18.0. The molecule has 0 aliphatic heterocycles. The molecule has 10 nitrogen and oxygen atoms in total. The molecule has 0 atom stereocenters. The SMILES string of the molecule is CCCCN(C(=O)COc1cccc(C(N)=O)c1)c1c(N)n(CC(C)C)c(=O)[nH]c1=O. The molecule has 1 aromatic carbocycles. The van der Waals surface area contributed by atoms with Gasteiger partial charge in [0, 0.05) is 18.7 Å². The molecule has 0 spiro atoms. The fraction of sp³-hybridized carbons (Fsp3) is 0.429. The van der Waals surface area contributed by atoms with E-state index in [9.17, 15) is 19.2 Å². The van der Waals surface area contributed by atoms with E-state index in [0.717, 1.165) is 6.42 Å². The quantitative estimate of drug-likeness (QED) is 0.512.